The van der Waals surface area contributed by atoms with Crippen molar-refractivity contribution in [3.05, 3.63) is 72.7 Å². The zero-order valence-corrected chi connectivity index (χ0v) is 31.7. The van der Waals surface area contributed by atoms with E-state index in [4.69, 9.17) is 14.7 Å². The van der Waals surface area contributed by atoms with Crippen LogP contribution >= 0.6 is 0 Å². The van der Waals surface area contributed by atoms with Gasteiger partial charge in [-0.15, -0.1) is 0 Å². The Labute approximate surface area is 318 Å². The summed E-state index contributed by atoms with van der Waals surface area (Å²) >= 11 is 0. The normalized spacial score (nSPS) is 18.8. The molecule has 5 N–H and O–H groups in total. The standard InChI is InChI=1S/C40H47N9O6/c1-23(2)33(47-39(53)55-5)36(51)48-18-6-8-31(48)35-42-20-29(45-35)25-11-9-24(10-12-25)26-13-14-28(34-27(26)15-17-41-34)30-21-43-37(46-30)40(3)16-7-19-49(40)32(50)22-44-38(52)54-4/h9-15,17,20-21,23,31,33,41H,6-8,16,18-19,22H2,1-5H3,(H,42,45)(H,43,46)(H,44,52)(H,47,53). The second-order valence-corrected chi connectivity index (χ2v) is 14.6. The minimum Gasteiger partial charge on any atom is -0.453 e. The highest BCUT2D eigenvalue weighted by Crippen LogP contribution is 2.40. The molecule has 0 spiro atoms. The predicted molar refractivity (Wildman–Crippen MR) is 205 cm³/mol. The van der Waals surface area contributed by atoms with Gasteiger partial charge in [-0.25, -0.2) is 19.6 Å². The van der Waals surface area contributed by atoms with Gasteiger partial charge in [-0.1, -0.05) is 50.2 Å². The van der Waals surface area contributed by atoms with E-state index in [1.807, 2.05) is 27.0 Å². The first-order valence-electron chi connectivity index (χ1n) is 18.6. The molecule has 0 bridgehead atoms. The van der Waals surface area contributed by atoms with E-state index < -0.39 is 23.8 Å². The Morgan fingerprint density at radius 1 is 0.891 bits per heavy atom. The topological polar surface area (TPSA) is 190 Å². The lowest BCUT2D eigenvalue weighted by atomic mass is 9.97. The first-order valence-corrected chi connectivity index (χ1v) is 18.6. The Kier molecular flexibility index (Phi) is 10.4. The number of likely N-dealkylation sites (tertiary alicyclic amines) is 2. The summed E-state index contributed by atoms with van der Waals surface area (Å²) in [5.41, 5.74) is 6.02. The fraction of sp³-hybridized carbons (Fsp3) is 0.400. The Morgan fingerprint density at radius 3 is 2.36 bits per heavy atom. The van der Waals surface area contributed by atoms with Crippen LogP contribution in [0.4, 0.5) is 9.59 Å². The quantitative estimate of drug-likeness (QED) is 0.117. The molecule has 0 aliphatic carbocycles. The van der Waals surface area contributed by atoms with Gasteiger partial charge in [0.15, 0.2) is 0 Å². The number of methoxy groups -OCH3 is 2. The van der Waals surface area contributed by atoms with Gasteiger partial charge in [-0.2, -0.15) is 0 Å². The van der Waals surface area contributed by atoms with E-state index in [1.54, 1.807) is 22.2 Å². The molecule has 55 heavy (non-hydrogen) atoms. The number of fused-ring (bicyclic) bond motifs is 1. The van der Waals surface area contributed by atoms with Crippen molar-refractivity contribution < 1.29 is 28.7 Å². The van der Waals surface area contributed by atoms with Crippen molar-refractivity contribution in [3.63, 3.8) is 0 Å². The van der Waals surface area contributed by atoms with Crippen LogP contribution in [-0.2, 0) is 24.6 Å². The first kappa shape index (κ1) is 37.2. The van der Waals surface area contributed by atoms with Crippen molar-refractivity contribution >= 4 is 34.9 Å². The van der Waals surface area contributed by atoms with Crippen molar-refractivity contribution in [2.75, 3.05) is 33.9 Å². The summed E-state index contributed by atoms with van der Waals surface area (Å²) in [7, 11) is 2.55. The van der Waals surface area contributed by atoms with Crippen LogP contribution in [0, 0.1) is 5.92 Å². The fourth-order valence-electron chi connectivity index (χ4n) is 7.96. The Balaban J connectivity index is 1.08. The van der Waals surface area contributed by atoms with Gasteiger partial charge in [-0.3, -0.25) is 9.59 Å². The number of nitrogens with one attached hydrogen (secondary N) is 5. The third kappa shape index (κ3) is 7.13. The molecule has 7 rings (SSSR count). The molecule has 15 heteroatoms. The maximum atomic E-state index is 13.6. The number of benzene rings is 2. The van der Waals surface area contributed by atoms with E-state index in [2.05, 4.69) is 72.8 Å². The number of carbonyl (C=O) groups excluding carboxylic acids is 4. The number of rotatable bonds is 10. The SMILES string of the molecule is COC(=O)NCC(=O)N1CCCC1(C)c1ncc(-c2ccc(-c3ccc(-c4cnc(C5CCCN5C(=O)C(NC(=O)OC)C(C)C)[nH]4)cc3)c3cc[nH]c23)[nH]1. The number of imidazole rings is 2. The number of alkyl carbamates (subject to hydrolysis) is 2. The maximum absolute atomic E-state index is 13.6. The average Bonchev–Trinajstić information content (AvgIpc) is 4.04. The summed E-state index contributed by atoms with van der Waals surface area (Å²) in [6.45, 7) is 6.81. The molecule has 5 aromatic rings. The van der Waals surface area contributed by atoms with Crippen LogP contribution in [0.3, 0.4) is 0 Å². The highest BCUT2D eigenvalue weighted by atomic mass is 16.5. The number of nitrogens with zero attached hydrogens (tertiary/aromatic N) is 4. The highest BCUT2D eigenvalue weighted by Gasteiger charge is 2.43. The minimum atomic E-state index is -0.694. The van der Waals surface area contributed by atoms with E-state index >= 15 is 0 Å². The van der Waals surface area contributed by atoms with E-state index in [0.29, 0.717) is 24.7 Å². The zero-order valence-electron chi connectivity index (χ0n) is 31.7. The summed E-state index contributed by atoms with van der Waals surface area (Å²) in [5, 5.41) is 6.24. The number of hydrogen-bond acceptors (Lipinski definition) is 8. The summed E-state index contributed by atoms with van der Waals surface area (Å²) < 4.78 is 9.38. The van der Waals surface area contributed by atoms with Crippen LogP contribution < -0.4 is 10.6 Å². The molecule has 2 aliphatic rings. The molecule has 3 aromatic heterocycles. The van der Waals surface area contributed by atoms with Gasteiger partial charge in [0.1, 0.15) is 24.2 Å². The summed E-state index contributed by atoms with van der Waals surface area (Å²) in [6.07, 6.45) is 7.44. The first-order chi connectivity index (χ1) is 26.5. The Bertz CT molecular complexity index is 2200. The number of ether oxygens (including phenoxy) is 2. The second-order valence-electron chi connectivity index (χ2n) is 14.6. The Hall–Kier alpha value is -6.12. The molecule has 3 unspecified atom stereocenters. The number of carbonyl (C=O) groups is 4. The molecule has 2 aromatic carbocycles. The fourth-order valence-corrected chi connectivity index (χ4v) is 7.96. The van der Waals surface area contributed by atoms with Crippen LogP contribution in [0.15, 0.2) is 61.1 Å². The zero-order chi connectivity index (χ0) is 38.9. The number of hydrogen-bond donors (Lipinski definition) is 5. The van der Waals surface area contributed by atoms with Crippen molar-refractivity contribution in [1.82, 2.24) is 45.4 Å². The molecule has 0 radical (unpaired) electrons. The van der Waals surface area contributed by atoms with Crippen LogP contribution in [0.25, 0.3) is 44.5 Å². The predicted octanol–water partition coefficient (Wildman–Crippen LogP) is 5.85. The molecule has 15 nitrogen and oxygen atoms in total. The summed E-state index contributed by atoms with van der Waals surface area (Å²) in [5.74, 6) is 0.954. The van der Waals surface area contributed by atoms with Crippen molar-refractivity contribution in [1.29, 1.82) is 0 Å². The number of H-pyrrole nitrogens is 3. The van der Waals surface area contributed by atoms with Gasteiger partial charge >= 0.3 is 12.2 Å². The molecule has 2 fully saturated rings. The van der Waals surface area contributed by atoms with Gasteiger partial charge in [0.05, 0.1) is 55.1 Å². The van der Waals surface area contributed by atoms with Gasteiger partial charge < -0.3 is 44.9 Å². The Morgan fingerprint density at radius 2 is 1.62 bits per heavy atom. The smallest absolute Gasteiger partial charge is 0.407 e. The largest absolute Gasteiger partial charge is 0.453 e. The van der Waals surface area contributed by atoms with E-state index in [1.165, 1.54) is 14.2 Å². The van der Waals surface area contributed by atoms with Crippen LogP contribution in [0.5, 0.6) is 0 Å². The van der Waals surface area contributed by atoms with Crippen LogP contribution in [0.1, 0.15) is 64.1 Å². The van der Waals surface area contributed by atoms with Gasteiger partial charge in [0.25, 0.3) is 0 Å². The van der Waals surface area contributed by atoms with E-state index in [0.717, 1.165) is 70.2 Å². The molecular formula is C40H47N9O6. The van der Waals surface area contributed by atoms with Crippen molar-refractivity contribution in [2.45, 2.75) is 64.1 Å². The van der Waals surface area contributed by atoms with Crippen molar-refractivity contribution in [3.8, 4) is 33.6 Å². The van der Waals surface area contributed by atoms with Gasteiger partial charge in [0, 0.05) is 30.2 Å². The molecule has 2 aliphatic heterocycles. The van der Waals surface area contributed by atoms with Crippen LogP contribution in [0.2, 0.25) is 0 Å². The van der Waals surface area contributed by atoms with Crippen LogP contribution in [-0.4, -0.2) is 98.6 Å². The molecule has 288 valence electrons. The lowest BCUT2D eigenvalue weighted by molar-refractivity contribution is -0.135. The number of aromatic amines is 3. The average molecular weight is 750 g/mol. The van der Waals surface area contributed by atoms with Crippen molar-refractivity contribution in [2.24, 2.45) is 5.92 Å². The number of amides is 4. The van der Waals surface area contributed by atoms with Gasteiger partial charge in [0.2, 0.25) is 11.8 Å². The van der Waals surface area contributed by atoms with E-state index in [9.17, 15) is 19.2 Å². The van der Waals surface area contributed by atoms with Gasteiger partial charge in [-0.05, 0) is 61.3 Å². The highest BCUT2D eigenvalue weighted by molar-refractivity contribution is 6.02. The third-order valence-electron chi connectivity index (χ3n) is 11.0. The number of aromatic nitrogens is 5. The molecule has 0 saturated carbocycles. The third-order valence-corrected chi connectivity index (χ3v) is 11.0. The molecular weight excluding hydrogens is 702 g/mol. The molecule has 5 heterocycles. The molecule has 4 amide bonds. The minimum absolute atomic E-state index is 0.111. The molecule has 2 saturated heterocycles. The maximum Gasteiger partial charge on any atom is 0.407 e. The van der Waals surface area contributed by atoms with E-state index in [-0.39, 0.29) is 30.3 Å². The summed E-state index contributed by atoms with van der Waals surface area (Å²) in [6, 6.07) is 13.6. The lowest BCUT2D eigenvalue weighted by Crippen LogP contribution is -2.51. The lowest BCUT2D eigenvalue weighted by Gasteiger charge is -2.33. The molecule has 3 atom stereocenters. The second kappa shape index (κ2) is 15.3. The monoisotopic (exact) mass is 749 g/mol. The summed E-state index contributed by atoms with van der Waals surface area (Å²) in [4.78, 5) is 73.6.